The number of hydrogen-bond acceptors (Lipinski definition) is 4. The van der Waals surface area contributed by atoms with Crippen LogP contribution in [0.4, 0.5) is 10.1 Å². The normalized spacial score (nSPS) is 26.4. The predicted octanol–water partition coefficient (Wildman–Crippen LogP) is 4.08. The molecule has 27 heavy (non-hydrogen) atoms. The highest BCUT2D eigenvalue weighted by molar-refractivity contribution is 6.32. The lowest BCUT2D eigenvalue weighted by Gasteiger charge is -2.41. The van der Waals surface area contributed by atoms with Crippen molar-refractivity contribution in [3.8, 4) is 0 Å². The van der Waals surface area contributed by atoms with Crippen LogP contribution in [0.15, 0.2) is 41.4 Å². The predicted molar refractivity (Wildman–Crippen MR) is 103 cm³/mol. The second-order valence-electron chi connectivity index (χ2n) is 7.29. The van der Waals surface area contributed by atoms with Gasteiger partial charge in [0.25, 0.3) is 0 Å². The van der Waals surface area contributed by atoms with E-state index in [4.69, 9.17) is 16.3 Å². The number of ether oxygens (including phenoxy) is 1. The molecule has 0 amide bonds. The van der Waals surface area contributed by atoms with E-state index in [9.17, 15) is 9.18 Å². The lowest BCUT2D eigenvalue weighted by Crippen LogP contribution is -2.45. The first kappa shape index (κ1) is 16.9. The number of benzene rings is 2. The molecule has 3 aliphatic rings. The molecule has 0 spiro atoms. The Bertz CT molecular complexity index is 969. The molecule has 3 unspecified atom stereocenters. The summed E-state index contributed by atoms with van der Waals surface area (Å²) in [6.07, 6.45) is 0.919. The van der Waals surface area contributed by atoms with Gasteiger partial charge in [-0.05, 0) is 30.2 Å². The van der Waals surface area contributed by atoms with Crippen molar-refractivity contribution in [1.29, 1.82) is 0 Å². The summed E-state index contributed by atoms with van der Waals surface area (Å²) < 4.78 is 19.8. The van der Waals surface area contributed by atoms with Crippen LogP contribution >= 0.6 is 11.6 Å². The number of nitrogens with zero attached hydrogens (tertiary/aromatic N) is 1. The Morgan fingerprint density at radius 1 is 1.26 bits per heavy atom. The lowest BCUT2D eigenvalue weighted by atomic mass is 9.73. The van der Waals surface area contributed by atoms with Crippen molar-refractivity contribution in [3.63, 3.8) is 0 Å². The fourth-order valence-corrected chi connectivity index (χ4v) is 4.77. The van der Waals surface area contributed by atoms with E-state index < -0.39 is 5.82 Å². The summed E-state index contributed by atoms with van der Waals surface area (Å²) in [6.45, 7) is 1.40. The van der Waals surface area contributed by atoms with E-state index in [1.54, 1.807) is 0 Å². The molecule has 0 aliphatic carbocycles. The number of carbonyl (C=O) groups is 1. The third kappa shape index (κ3) is 2.68. The van der Waals surface area contributed by atoms with Gasteiger partial charge in [0.1, 0.15) is 12.4 Å². The molecule has 5 rings (SSSR count). The van der Waals surface area contributed by atoms with Crippen molar-refractivity contribution in [1.82, 2.24) is 0 Å². The second-order valence-corrected chi connectivity index (χ2v) is 7.70. The molecule has 0 radical (unpaired) electrons. The molecule has 6 heteroatoms. The molecule has 2 aromatic rings. The molecular weight excluding hydrogens is 367 g/mol. The summed E-state index contributed by atoms with van der Waals surface area (Å²) in [7, 11) is 0. The van der Waals surface area contributed by atoms with Gasteiger partial charge in [-0.25, -0.2) is 4.39 Å². The SMILES string of the molecule is O=C1CN=C2c3c(cc(F)cc31)NC(C1CCOC1)C2c1ccccc1Cl. The van der Waals surface area contributed by atoms with Crippen molar-refractivity contribution in [3.05, 3.63) is 63.9 Å². The minimum absolute atomic E-state index is 0.0264. The Morgan fingerprint density at radius 2 is 2.11 bits per heavy atom. The van der Waals surface area contributed by atoms with Crippen LogP contribution in [0.25, 0.3) is 0 Å². The van der Waals surface area contributed by atoms with E-state index in [2.05, 4.69) is 10.3 Å². The summed E-state index contributed by atoms with van der Waals surface area (Å²) in [5, 5.41) is 4.17. The molecule has 3 aliphatic heterocycles. The number of anilines is 1. The van der Waals surface area contributed by atoms with Gasteiger partial charge in [0.2, 0.25) is 0 Å². The monoisotopic (exact) mass is 384 g/mol. The highest BCUT2D eigenvalue weighted by Gasteiger charge is 2.43. The quantitative estimate of drug-likeness (QED) is 0.848. The van der Waals surface area contributed by atoms with E-state index in [0.29, 0.717) is 35.1 Å². The van der Waals surface area contributed by atoms with Crippen molar-refractivity contribution in [2.75, 3.05) is 25.1 Å². The van der Waals surface area contributed by atoms with E-state index in [-0.39, 0.29) is 30.2 Å². The van der Waals surface area contributed by atoms with Crippen LogP contribution in [0.3, 0.4) is 0 Å². The fourth-order valence-electron chi connectivity index (χ4n) is 4.52. The fraction of sp³-hybridized carbons (Fsp3) is 0.333. The molecular formula is C21H18ClFN2O2. The van der Waals surface area contributed by atoms with Crippen LogP contribution < -0.4 is 5.32 Å². The Hall–Kier alpha value is -2.24. The minimum Gasteiger partial charge on any atom is -0.381 e. The summed E-state index contributed by atoms with van der Waals surface area (Å²) in [4.78, 5) is 17.0. The minimum atomic E-state index is -0.413. The first-order chi connectivity index (χ1) is 13.1. The first-order valence-corrected chi connectivity index (χ1v) is 9.51. The van der Waals surface area contributed by atoms with Gasteiger partial charge in [0.05, 0.1) is 12.3 Å². The van der Waals surface area contributed by atoms with Crippen molar-refractivity contribution >= 4 is 28.8 Å². The van der Waals surface area contributed by atoms with Crippen molar-refractivity contribution in [2.24, 2.45) is 10.9 Å². The van der Waals surface area contributed by atoms with Gasteiger partial charge in [-0.2, -0.15) is 0 Å². The van der Waals surface area contributed by atoms with Crippen LogP contribution in [0.1, 0.15) is 33.8 Å². The molecule has 3 heterocycles. The van der Waals surface area contributed by atoms with Gasteiger partial charge in [0.15, 0.2) is 5.78 Å². The number of carbonyl (C=O) groups excluding carboxylic acids is 1. The summed E-state index contributed by atoms with van der Waals surface area (Å²) >= 11 is 6.55. The third-order valence-corrected chi connectivity index (χ3v) is 6.09. The molecule has 1 saturated heterocycles. The van der Waals surface area contributed by atoms with Gasteiger partial charge in [0, 0.05) is 46.3 Å². The van der Waals surface area contributed by atoms with Crippen LogP contribution in [0.2, 0.25) is 5.02 Å². The average molecular weight is 385 g/mol. The molecule has 0 saturated carbocycles. The number of nitrogens with one attached hydrogen (secondary N) is 1. The summed E-state index contributed by atoms with van der Waals surface area (Å²) in [5.74, 6) is -0.429. The molecule has 2 aromatic carbocycles. The Balaban J connectivity index is 1.73. The zero-order chi connectivity index (χ0) is 18.5. The van der Waals surface area contributed by atoms with Crippen molar-refractivity contribution < 1.29 is 13.9 Å². The average Bonchev–Trinajstić information content (AvgIpc) is 3.19. The second kappa shape index (κ2) is 6.43. The zero-order valence-electron chi connectivity index (χ0n) is 14.5. The smallest absolute Gasteiger partial charge is 0.185 e. The largest absolute Gasteiger partial charge is 0.381 e. The Labute approximate surface area is 161 Å². The van der Waals surface area contributed by atoms with Gasteiger partial charge >= 0.3 is 0 Å². The van der Waals surface area contributed by atoms with Crippen LogP contribution in [0.5, 0.6) is 0 Å². The van der Waals surface area contributed by atoms with E-state index in [0.717, 1.165) is 17.7 Å². The molecule has 3 atom stereocenters. The van der Waals surface area contributed by atoms with Crippen LogP contribution in [-0.2, 0) is 4.74 Å². The molecule has 138 valence electrons. The molecule has 1 N–H and O–H groups in total. The van der Waals surface area contributed by atoms with Gasteiger partial charge in [-0.1, -0.05) is 29.8 Å². The maximum absolute atomic E-state index is 14.2. The maximum atomic E-state index is 14.2. The molecule has 1 fully saturated rings. The topological polar surface area (TPSA) is 50.7 Å². The Morgan fingerprint density at radius 3 is 2.89 bits per heavy atom. The van der Waals surface area contributed by atoms with E-state index in [1.807, 2.05) is 24.3 Å². The Kier molecular flexibility index (Phi) is 4.02. The zero-order valence-corrected chi connectivity index (χ0v) is 15.3. The molecule has 0 bridgehead atoms. The first-order valence-electron chi connectivity index (χ1n) is 9.13. The maximum Gasteiger partial charge on any atom is 0.185 e. The summed E-state index contributed by atoms with van der Waals surface area (Å²) in [6, 6.07) is 10.5. The highest BCUT2D eigenvalue weighted by atomic mass is 35.5. The standard InChI is InChI=1S/C21H18ClFN2O2/c22-15-4-2-1-3-13(15)19-20(11-5-6-27-10-11)25-16-8-12(23)7-14-17(26)9-24-21(19)18(14)16/h1-4,7-8,11,19-20,25H,5-6,9-10H2. The van der Waals surface area contributed by atoms with Crippen LogP contribution in [-0.4, -0.2) is 37.3 Å². The number of aliphatic imine (C=N–C) groups is 1. The number of Topliss-reactive ketones (excluding diaryl/α,β-unsaturated/α-hetero) is 1. The van der Waals surface area contributed by atoms with Gasteiger partial charge in [-0.3, -0.25) is 9.79 Å². The van der Waals surface area contributed by atoms with Crippen LogP contribution in [0, 0.1) is 11.7 Å². The molecule has 4 nitrogen and oxygen atoms in total. The van der Waals surface area contributed by atoms with Gasteiger partial charge < -0.3 is 10.1 Å². The number of ketones is 1. The molecule has 0 aromatic heterocycles. The van der Waals surface area contributed by atoms with Crippen molar-refractivity contribution in [2.45, 2.75) is 18.4 Å². The third-order valence-electron chi connectivity index (χ3n) is 5.74. The van der Waals surface area contributed by atoms with E-state index in [1.165, 1.54) is 12.1 Å². The number of halogens is 2. The number of rotatable bonds is 2. The lowest BCUT2D eigenvalue weighted by molar-refractivity contribution is 0.0999. The van der Waals surface area contributed by atoms with Gasteiger partial charge in [-0.15, -0.1) is 0 Å². The number of hydrogen-bond donors (Lipinski definition) is 1. The van der Waals surface area contributed by atoms with E-state index >= 15 is 0 Å². The summed E-state index contributed by atoms with van der Waals surface area (Å²) in [5.41, 5.74) is 3.55. The highest BCUT2D eigenvalue weighted by Crippen LogP contribution is 2.44.